The lowest BCUT2D eigenvalue weighted by molar-refractivity contribution is 0.0300. The Labute approximate surface area is 150 Å². The number of carbonyl (C=O) groups excluding carboxylic acids is 1. The normalized spacial score (nSPS) is 11.0. The van der Waals surface area contributed by atoms with Gasteiger partial charge in [0.25, 0.3) is 0 Å². The number of hydrogen-bond acceptors (Lipinski definition) is 6. The van der Waals surface area contributed by atoms with Gasteiger partial charge < -0.3 is 29.2 Å². The van der Waals surface area contributed by atoms with Crippen LogP contribution in [-0.2, 0) is 11.3 Å². The molecule has 0 bridgehead atoms. The number of nitrogens with zero attached hydrogens (tertiary/aromatic N) is 1. The molecule has 25 heavy (non-hydrogen) atoms. The molecule has 1 aromatic carbocycles. The van der Waals surface area contributed by atoms with Gasteiger partial charge in [-0.05, 0) is 20.8 Å². The molecule has 0 saturated carbocycles. The minimum absolute atomic E-state index is 0.339. The molecule has 1 amide bonds. The third-order valence-corrected chi connectivity index (χ3v) is 3.45. The number of ether oxygens (including phenoxy) is 4. The van der Waals surface area contributed by atoms with Crippen molar-refractivity contribution in [1.82, 2.24) is 10.2 Å². The van der Waals surface area contributed by atoms with Gasteiger partial charge in [0.1, 0.15) is 22.8 Å². The molecule has 0 aliphatic rings. The van der Waals surface area contributed by atoms with E-state index in [9.17, 15) is 4.79 Å². The smallest absolute Gasteiger partial charge is 0.410 e. The fourth-order valence-electron chi connectivity index (χ4n) is 2.14. The molecule has 1 N–H and O–H groups in total. The fourth-order valence-corrected chi connectivity index (χ4v) is 2.14. The Balaban J connectivity index is 2.60. The van der Waals surface area contributed by atoms with E-state index in [1.807, 2.05) is 32.9 Å². The Kier molecular flexibility index (Phi) is 7.83. The molecule has 0 saturated heterocycles. The highest BCUT2D eigenvalue weighted by atomic mass is 16.6. The standard InChI is InChI=1S/C18H30N2O5/c1-18(2,3)25-17(21)20(4)9-8-19-12-14-15(23-6)10-13(22-5)11-16(14)24-7/h10-11,19H,8-9,12H2,1-7H3. The van der Waals surface area contributed by atoms with Gasteiger partial charge in [-0.1, -0.05) is 0 Å². The van der Waals surface area contributed by atoms with E-state index in [1.165, 1.54) is 0 Å². The summed E-state index contributed by atoms with van der Waals surface area (Å²) in [5.74, 6) is 2.04. The van der Waals surface area contributed by atoms with E-state index in [-0.39, 0.29) is 6.09 Å². The molecule has 0 unspecified atom stereocenters. The first-order valence-corrected chi connectivity index (χ1v) is 8.15. The number of rotatable bonds is 8. The molecular weight excluding hydrogens is 324 g/mol. The van der Waals surface area contributed by atoms with Crippen molar-refractivity contribution in [2.24, 2.45) is 0 Å². The van der Waals surface area contributed by atoms with Crippen LogP contribution in [0.4, 0.5) is 4.79 Å². The van der Waals surface area contributed by atoms with Crippen molar-refractivity contribution in [1.29, 1.82) is 0 Å². The number of carbonyl (C=O) groups is 1. The molecule has 1 rings (SSSR count). The lowest BCUT2D eigenvalue weighted by atomic mass is 10.1. The quantitative estimate of drug-likeness (QED) is 0.724. The lowest BCUT2D eigenvalue weighted by Gasteiger charge is -2.24. The van der Waals surface area contributed by atoms with Crippen molar-refractivity contribution >= 4 is 6.09 Å². The molecule has 0 heterocycles. The van der Waals surface area contributed by atoms with Crippen LogP contribution in [0.3, 0.4) is 0 Å². The first-order chi connectivity index (χ1) is 11.7. The number of benzene rings is 1. The van der Waals surface area contributed by atoms with Gasteiger partial charge >= 0.3 is 6.09 Å². The van der Waals surface area contributed by atoms with Crippen molar-refractivity contribution in [2.75, 3.05) is 41.5 Å². The topological polar surface area (TPSA) is 69.3 Å². The maximum Gasteiger partial charge on any atom is 0.410 e. The summed E-state index contributed by atoms with van der Waals surface area (Å²) in [6, 6.07) is 3.62. The average Bonchev–Trinajstić information content (AvgIpc) is 2.56. The highest BCUT2D eigenvalue weighted by Gasteiger charge is 2.19. The van der Waals surface area contributed by atoms with E-state index in [0.29, 0.717) is 36.9 Å². The van der Waals surface area contributed by atoms with E-state index in [4.69, 9.17) is 18.9 Å². The second-order valence-corrected chi connectivity index (χ2v) is 6.59. The highest BCUT2D eigenvalue weighted by Crippen LogP contribution is 2.33. The summed E-state index contributed by atoms with van der Waals surface area (Å²) < 4.78 is 21.4. The van der Waals surface area contributed by atoms with Gasteiger partial charge in [0.15, 0.2) is 0 Å². The minimum atomic E-state index is -0.497. The molecule has 0 atom stereocenters. The van der Waals surface area contributed by atoms with Crippen molar-refractivity contribution < 1.29 is 23.7 Å². The summed E-state index contributed by atoms with van der Waals surface area (Å²) in [6.45, 7) is 7.21. The summed E-state index contributed by atoms with van der Waals surface area (Å²) in [5, 5.41) is 3.29. The molecule has 0 fully saturated rings. The zero-order chi connectivity index (χ0) is 19.0. The number of amides is 1. The molecule has 7 heteroatoms. The number of hydrogen-bond donors (Lipinski definition) is 1. The van der Waals surface area contributed by atoms with Gasteiger partial charge in [0.2, 0.25) is 0 Å². The van der Waals surface area contributed by atoms with Gasteiger partial charge in [-0.25, -0.2) is 4.79 Å². The zero-order valence-corrected chi connectivity index (χ0v) is 16.3. The Morgan fingerprint density at radius 3 is 2.08 bits per heavy atom. The van der Waals surface area contributed by atoms with Crippen LogP contribution in [0.5, 0.6) is 17.2 Å². The number of likely N-dealkylation sites (N-methyl/N-ethyl adjacent to an activating group) is 1. The first-order valence-electron chi connectivity index (χ1n) is 8.15. The number of nitrogens with one attached hydrogen (secondary N) is 1. The van der Waals surface area contributed by atoms with Gasteiger partial charge in [-0.15, -0.1) is 0 Å². The molecule has 0 spiro atoms. The van der Waals surface area contributed by atoms with Crippen LogP contribution in [-0.4, -0.2) is 58.1 Å². The minimum Gasteiger partial charge on any atom is -0.496 e. The van der Waals surface area contributed by atoms with E-state index in [2.05, 4.69) is 5.32 Å². The van der Waals surface area contributed by atoms with Crippen LogP contribution in [0.1, 0.15) is 26.3 Å². The maximum absolute atomic E-state index is 11.9. The number of methoxy groups -OCH3 is 3. The van der Waals surface area contributed by atoms with Crippen molar-refractivity contribution in [3.05, 3.63) is 17.7 Å². The molecular formula is C18H30N2O5. The van der Waals surface area contributed by atoms with Gasteiger partial charge in [-0.3, -0.25) is 0 Å². The summed E-state index contributed by atoms with van der Waals surface area (Å²) in [7, 11) is 6.52. The third kappa shape index (κ3) is 6.70. The molecule has 7 nitrogen and oxygen atoms in total. The molecule has 0 aliphatic carbocycles. The average molecular weight is 354 g/mol. The molecule has 0 aliphatic heterocycles. The molecule has 1 aromatic rings. The van der Waals surface area contributed by atoms with Crippen LogP contribution in [0.15, 0.2) is 12.1 Å². The van der Waals surface area contributed by atoms with Crippen molar-refractivity contribution in [2.45, 2.75) is 32.9 Å². The predicted octanol–water partition coefficient (Wildman–Crippen LogP) is 2.67. The summed E-state index contributed by atoms with van der Waals surface area (Å²) in [5.41, 5.74) is 0.397. The molecule has 0 aromatic heterocycles. The largest absolute Gasteiger partial charge is 0.496 e. The van der Waals surface area contributed by atoms with Crippen LogP contribution >= 0.6 is 0 Å². The predicted molar refractivity (Wildman–Crippen MR) is 96.7 cm³/mol. The summed E-state index contributed by atoms with van der Waals surface area (Å²) >= 11 is 0. The Bertz CT molecular complexity index is 544. The highest BCUT2D eigenvalue weighted by molar-refractivity contribution is 5.67. The Morgan fingerprint density at radius 1 is 1.08 bits per heavy atom. The second kappa shape index (κ2) is 9.36. The Hall–Kier alpha value is -2.15. The van der Waals surface area contributed by atoms with Crippen molar-refractivity contribution in [3.8, 4) is 17.2 Å². The van der Waals surface area contributed by atoms with Gasteiger partial charge in [0.05, 0.1) is 26.9 Å². The SMILES string of the molecule is COc1cc(OC)c(CNCCN(C)C(=O)OC(C)(C)C)c(OC)c1. The van der Waals surface area contributed by atoms with E-state index in [1.54, 1.807) is 33.3 Å². The van der Waals surface area contributed by atoms with E-state index in [0.717, 1.165) is 5.56 Å². The van der Waals surface area contributed by atoms with Crippen LogP contribution in [0, 0.1) is 0 Å². The second-order valence-electron chi connectivity index (χ2n) is 6.59. The van der Waals surface area contributed by atoms with Crippen molar-refractivity contribution in [3.63, 3.8) is 0 Å². The molecule has 0 radical (unpaired) electrons. The fraction of sp³-hybridized carbons (Fsp3) is 0.611. The van der Waals surface area contributed by atoms with Crippen LogP contribution in [0.25, 0.3) is 0 Å². The zero-order valence-electron chi connectivity index (χ0n) is 16.3. The van der Waals surface area contributed by atoms with Gasteiger partial charge in [-0.2, -0.15) is 0 Å². The Morgan fingerprint density at radius 2 is 1.64 bits per heavy atom. The maximum atomic E-state index is 11.9. The van der Waals surface area contributed by atoms with E-state index < -0.39 is 5.60 Å². The molecule has 142 valence electrons. The third-order valence-electron chi connectivity index (χ3n) is 3.45. The summed E-state index contributed by atoms with van der Waals surface area (Å²) in [6.07, 6.45) is -0.339. The first kappa shape index (κ1) is 20.9. The van der Waals surface area contributed by atoms with E-state index >= 15 is 0 Å². The van der Waals surface area contributed by atoms with Gasteiger partial charge in [0, 0.05) is 38.8 Å². The van der Waals surface area contributed by atoms with Crippen LogP contribution in [0.2, 0.25) is 0 Å². The van der Waals surface area contributed by atoms with Crippen LogP contribution < -0.4 is 19.5 Å². The monoisotopic (exact) mass is 354 g/mol. The summed E-state index contributed by atoms with van der Waals surface area (Å²) in [4.78, 5) is 13.5. The lowest BCUT2D eigenvalue weighted by Crippen LogP contribution is -2.37.